The van der Waals surface area contributed by atoms with Crippen molar-refractivity contribution in [2.75, 3.05) is 0 Å². The molecule has 0 saturated carbocycles. The average Bonchev–Trinajstić information content (AvgIpc) is 0. The van der Waals surface area contributed by atoms with Crippen LogP contribution >= 0.6 is 0 Å². The maximum Gasteiger partial charge on any atom is 3.00 e. The van der Waals surface area contributed by atoms with E-state index >= 15 is 0 Å². The molecule has 0 aliphatic carbocycles. The molecular weight excluding hydrogens is 223 g/mol. The molecule has 0 rings (SSSR count). The summed E-state index contributed by atoms with van der Waals surface area (Å²) in [5.41, 5.74) is 0. The van der Waals surface area contributed by atoms with Crippen LogP contribution in [0, 0.1) is 36.9 Å². The molecule has 36 valence electrons. The van der Waals surface area contributed by atoms with Gasteiger partial charge in [-0.25, -0.2) is 0 Å². The van der Waals surface area contributed by atoms with Crippen LogP contribution in [-0.4, -0.2) is 16.4 Å². The van der Waals surface area contributed by atoms with E-state index in [2.05, 4.69) is 0 Å². The van der Waals surface area contributed by atoms with Gasteiger partial charge in [0.1, 0.15) is 0 Å². The van der Waals surface area contributed by atoms with E-state index in [-0.39, 0.29) is 53.3 Å². The Morgan fingerprint density at radius 2 is 0.500 bits per heavy atom. The summed E-state index contributed by atoms with van der Waals surface area (Å²) in [6.45, 7) is 0. The van der Waals surface area contributed by atoms with Crippen LogP contribution in [0.5, 0.6) is 0 Å². The molecule has 4 heteroatoms. The van der Waals surface area contributed by atoms with Gasteiger partial charge in [0.15, 0.2) is 0 Å². The normalized spacial score (nSPS) is 0. The van der Waals surface area contributed by atoms with Crippen LogP contribution in [0.4, 0.5) is 0 Å². The van der Waals surface area contributed by atoms with Crippen molar-refractivity contribution in [3.05, 3.63) is 0 Å². The molecule has 0 spiro atoms. The summed E-state index contributed by atoms with van der Waals surface area (Å²) in [5, 5.41) is 0. The largest absolute Gasteiger partial charge is 3.00 e. The minimum absolute atomic E-state index is 0. The Bertz CT molecular complexity index is 3.25. The van der Waals surface area contributed by atoms with Gasteiger partial charge in [-0.2, -0.15) is 0 Å². The molecule has 0 heterocycles. The quantitative estimate of drug-likeness (QED) is 0.555. The predicted molar refractivity (Wildman–Crippen MR) is 5.81 cm³/mol. The van der Waals surface area contributed by atoms with Gasteiger partial charge in [0.25, 0.3) is 0 Å². The molecular formula is H3LuO3. The predicted octanol–water partition coefficient (Wildman–Crippen LogP) is -0.530. The van der Waals surface area contributed by atoms with Gasteiger partial charge in [-0.3, -0.25) is 0 Å². The first kappa shape index (κ1) is 69.8. The Morgan fingerprint density at radius 1 is 0.500 bits per heavy atom. The molecule has 4 heavy (non-hydrogen) atoms. The Morgan fingerprint density at radius 3 is 0.500 bits per heavy atom. The first-order chi connectivity index (χ1) is 0. The van der Waals surface area contributed by atoms with Gasteiger partial charge in [0, 0.05) is 0 Å². The van der Waals surface area contributed by atoms with Crippen molar-refractivity contribution >= 4 is 0 Å². The van der Waals surface area contributed by atoms with Crippen LogP contribution in [0.2, 0.25) is 0 Å². The summed E-state index contributed by atoms with van der Waals surface area (Å²) in [7, 11) is 0. The zero-order chi connectivity index (χ0) is 0. The Balaban J connectivity index is 0. The molecule has 0 aromatic rings. The first-order valence-electron chi connectivity index (χ1n) is 0. The molecule has 0 atom stereocenters. The van der Waals surface area contributed by atoms with E-state index < -0.39 is 0 Å². The molecule has 0 aliphatic heterocycles. The standard InChI is InChI=1S/Lu.3H2O/h;3*1H2/q+3;;;/p-3. The van der Waals surface area contributed by atoms with Crippen molar-refractivity contribution in [1.82, 2.24) is 0 Å². The second kappa shape index (κ2) is 32.2. The molecule has 3 nitrogen and oxygen atoms in total. The van der Waals surface area contributed by atoms with Crippen molar-refractivity contribution in [2.24, 2.45) is 0 Å². The number of hydrogen-bond donors (Lipinski definition) is 0. The fourth-order valence-electron chi connectivity index (χ4n) is 0. The molecule has 0 saturated heterocycles. The van der Waals surface area contributed by atoms with E-state index in [1.807, 2.05) is 0 Å². The molecule has 0 aromatic carbocycles. The summed E-state index contributed by atoms with van der Waals surface area (Å²) in [6.07, 6.45) is 0. The van der Waals surface area contributed by atoms with Crippen molar-refractivity contribution in [2.45, 2.75) is 0 Å². The van der Waals surface area contributed by atoms with Gasteiger partial charge < -0.3 is 16.4 Å². The Hall–Kier alpha value is 1.11. The van der Waals surface area contributed by atoms with Gasteiger partial charge in [-0.15, -0.1) is 0 Å². The number of hydrogen-bond acceptors (Lipinski definition) is 3. The smallest absolute Gasteiger partial charge is 0.870 e. The second-order valence-electron chi connectivity index (χ2n) is 0. The first-order valence-corrected chi connectivity index (χ1v) is 0. The van der Waals surface area contributed by atoms with Crippen molar-refractivity contribution in [1.29, 1.82) is 0 Å². The maximum absolute atomic E-state index is 0. The van der Waals surface area contributed by atoms with E-state index in [0.29, 0.717) is 0 Å². The van der Waals surface area contributed by atoms with Crippen LogP contribution < -0.4 is 0 Å². The molecule has 0 aliphatic rings. The third kappa shape index (κ3) is 11.2. The summed E-state index contributed by atoms with van der Waals surface area (Å²) >= 11 is 0. The van der Waals surface area contributed by atoms with Crippen LogP contribution in [0.3, 0.4) is 0 Å². The zero-order valence-electron chi connectivity index (χ0n) is 1.60. The number of rotatable bonds is 0. The fraction of sp³-hybridized carbons (Fsp3) is 0. The van der Waals surface area contributed by atoms with Crippen LogP contribution in [-0.2, 0) is 0 Å². The van der Waals surface area contributed by atoms with E-state index in [1.54, 1.807) is 0 Å². The summed E-state index contributed by atoms with van der Waals surface area (Å²) in [4.78, 5) is 0. The topological polar surface area (TPSA) is 90.0 Å². The molecule has 0 radical (unpaired) electrons. The van der Waals surface area contributed by atoms with E-state index in [0.717, 1.165) is 0 Å². The van der Waals surface area contributed by atoms with Gasteiger partial charge in [0.2, 0.25) is 0 Å². The maximum atomic E-state index is 0. The molecule has 0 amide bonds. The van der Waals surface area contributed by atoms with Crippen LogP contribution in [0.25, 0.3) is 0 Å². The van der Waals surface area contributed by atoms with Gasteiger partial charge in [0.05, 0.1) is 0 Å². The SMILES string of the molecule is [Lu+3].[OH-].[OH-].[OH-]. The van der Waals surface area contributed by atoms with Crippen molar-refractivity contribution in [3.63, 3.8) is 0 Å². The molecule has 0 fully saturated rings. The van der Waals surface area contributed by atoms with E-state index in [9.17, 15) is 0 Å². The van der Waals surface area contributed by atoms with Gasteiger partial charge >= 0.3 is 36.9 Å². The van der Waals surface area contributed by atoms with Crippen molar-refractivity contribution < 1.29 is 53.3 Å². The van der Waals surface area contributed by atoms with Gasteiger partial charge in [-0.05, 0) is 0 Å². The van der Waals surface area contributed by atoms with E-state index in [4.69, 9.17) is 0 Å². The van der Waals surface area contributed by atoms with E-state index in [1.165, 1.54) is 0 Å². The average molecular weight is 226 g/mol. The molecule has 0 unspecified atom stereocenters. The minimum Gasteiger partial charge on any atom is -0.870 e. The van der Waals surface area contributed by atoms with Crippen LogP contribution in [0.1, 0.15) is 0 Å². The van der Waals surface area contributed by atoms with Gasteiger partial charge in [-0.1, -0.05) is 0 Å². The Labute approximate surface area is 53.1 Å². The Kier molecular flexibility index (Phi) is 561. The summed E-state index contributed by atoms with van der Waals surface area (Å²) < 4.78 is 0. The minimum atomic E-state index is 0. The molecule has 0 aromatic heterocycles. The third-order valence-corrected chi connectivity index (χ3v) is 0. The zero-order valence-corrected chi connectivity index (χ0v) is 3.26. The summed E-state index contributed by atoms with van der Waals surface area (Å²) in [6, 6.07) is 0. The molecule has 0 bridgehead atoms. The molecule has 3 N–H and O–H groups in total. The fourth-order valence-corrected chi connectivity index (χ4v) is 0. The van der Waals surface area contributed by atoms with Crippen molar-refractivity contribution in [3.8, 4) is 0 Å². The third-order valence-electron chi connectivity index (χ3n) is 0. The van der Waals surface area contributed by atoms with Crippen LogP contribution in [0.15, 0.2) is 0 Å². The monoisotopic (exact) mass is 226 g/mol. The summed E-state index contributed by atoms with van der Waals surface area (Å²) in [5.74, 6) is 0. The second-order valence-corrected chi connectivity index (χ2v) is 0.